The van der Waals surface area contributed by atoms with Gasteiger partial charge in [-0.2, -0.15) is 5.26 Å². The molecule has 5 amide bonds. The standard InChI is InChI=1S/C43H44ClN7O6/c44-37-19-34(7-3-28(37)20-45)57-33-8-4-31(5-9-33)50-24-29-2-1-27(17-30(29)25-50)41(54)48-15-13-47(14-16-48)21-26-22-49(23-26)32-6-10-35-36(18-32)43(56)51(42(35)55)38-11-12-39(52)46-40(38)53/h1-3,6-7,10,17-19,26,31,33,38H,4-5,8-9,11-16,21-25H2,(H,46,52,53). The number of benzene rings is 3. The fraction of sp³-hybridized carbons (Fsp3) is 0.442. The van der Waals surface area contributed by atoms with Gasteiger partial charge in [0.15, 0.2) is 0 Å². The quantitative estimate of drug-likeness (QED) is 0.330. The van der Waals surface area contributed by atoms with Crippen LogP contribution in [0, 0.1) is 17.2 Å². The first-order valence-electron chi connectivity index (χ1n) is 20.0. The van der Waals surface area contributed by atoms with E-state index in [-0.39, 0.29) is 30.4 Å². The van der Waals surface area contributed by atoms with E-state index >= 15 is 0 Å². The zero-order valence-electron chi connectivity index (χ0n) is 31.6. The van der Waals surface area contributed by atoms with E-state index in [0.717, 1.165) is 87.6 Å². The predicted octanol–water partition coefficient (Wildman–Crippen LogP) is 4.21. The van der Waals surface area contributed by atoms with Gasteiger partial charge in [-0.05, 0) is 85.7 Å². The Morgan fingerprint density at radius 2 is 1.60 bits per heavy atom. The lowest BCUT2D eigenvalue weighted by Crippen LogP contribution is -2.55. The number of nitrogens with zero attached hydrogens (tertiary/aromatic N) is 6. The minimum Gasteiger partial charge on any atom is -0.490 e. The number of anilines is 1. The van der Waals surface area contributed by atoms with Crippen LogP contribution in [0.3, 0.4) is 0 Å². The second-order valence-corrected chi connectivity index (χ2v) is 16.6. The highest BCUT2D eigenvalue weighted by Gasteiger charge is 2.45. The van der Waals surface area contributed by atoms with Crippen LogP contribution in [0.25, 0.3) is 0 Å². The summed E-state index contributed by atoms with van der Waals surface area (Å²) >= 11 is 6.20. The minimum absolute atomic E-state index is 0.0880. The molecule has 1 N–H and O–H groups in total. The summed E-state index contributed by atoms with van der Waals surface area (Å²) in [7, 11) is 0. The fourth-order valence-electron chi connectivity index (χ4n) is 9.43. The van der Waals surface area contributed by atoms with Gasteiger partial charge in [-0.25, -0.2) is 0 Å². The number of amides is 5. The van der Waals surface area contributed by atoms with E-state index in [9.17, 15) is 24.0 Å². The van der Waals surface area contributed by atoms with Gasteiger partial charge < -0.3 is 14.5 Å². The van der Waals surface area contributed by atoms with Crippen LogP contribution >= 0.6 is 11.6 Å². The van der Waals surface area contributed by atoms with E-state index in [1.807, 2.05) is 23.1 Å². The second-order valence-electron chi connectivity index (χ2n) is 16.2. The van der Waals surface area contributed by atoms with E-state index in [1.54, 1.807) is 24.3 Å². The molecule has 3 aromatic rings. The Hall–Kier alpha value is -5.29. The largest absolute Gasteiger partial charge is 0.490 e. The fourth-order valence-corrected chi connectivity index (χ4v) is 9.64. The summed E-state index contributed by atoms with van der Waals surface area (Å²) in [6.45, 7) is 7.33. The number of carbonyl (C=O) groups excluding carboxylic acids is 5. The molecule has 5 heterocycles. The number of nitriles is 1. The maximum Gasteiger partial charge on any atom is 0.262 e. The molecule has 13 nitrogen and oxygen atoms in total. The molecule has 294 valence electrons. The van der Waals surface area contributed by atoms with E-state index in [0.29, 0.717) is 46.9 Å². The number of carbonyl (C=O) groups is 5. The monoisotopic (exact) mass is 789 g/mol. The van der Waals surface area contributed by atoms with Crippen molar-refractivity contribution in [1.29, 1.82) is 5.26 Å². The average molecular weight is 790 g/mol. The molecule has 0 spiro atoms. The number of hydrogen-bond acceptors (Lipinski definition) is 10. The van der Waals surface area contributed by atoms with Gasteiger partial charge in [-0.3, -0.25) is 44.0 Å². The van der Waals surface area contributed by atoms with Crippen molar-refractivity contribution in [2.24, 2.45) is 5.92 Å². The molecular weight excluding hydrogens is 746 g/mol. The Bertz CT molecular complexity index is 2200. The van der Waals surface area contributed by atoms with E-state index in [2.05, 4.69) is 38.2 Å². The molecule has 4 fully saturated rings. The zero-order valence-corrected chi connectivity index (χ0v) is 32.4. The zero-order chi connectivity index (χ0) is 39.4. The molecule has 14 heteroatoms. The van der Waals surface area contributed by atoms with E-state index in [1.165, 1.54) is 11.1 Å². The molecule has 3 aromatic carbocycles. The van der Waals surface area contributed by atoms with E-state index < -0.39 is 29.7 Å². The van der Waals surface area contributed by atoms with Crippen molar-refractivity contribution < 1.29 is 28.7 Å². The molecule has 0 bridgehead atoms. The number of ether oxygens (including phenoxy) is 1. The number of hydrogen-bond donors (Lipinski definition) is 1. The molecule has 3 saturated heterocycles. The number of imide groups is 2. The summed E-state index contributed by atoms with van der Waals surface area (Å²) in [5.41, 5.74) is 5.19. The summed E-state index contributed by atoms with van der Waals surface area (Å²) < 4.78 is 6.21. The van der Waals surface area contributed by atoms with Crippen molar-refractivity contribution >= 4 is 46.8 Å². The summed E-state index contributed by atoms with van der Waals surface area (Å²) in [4.78, 5) is 74.2. The van der Waals surface area contributed by atoms with Crippen LogP contribution in [-0.2, 0) is 22.7 Å². The Labute approximate surface area is 336 Å². The maximum atomic E-state index is 13.7. The second kappa shape index (κ2) is 15.2. The summed E-state index contributed by atoms with van der Waals surface area (Å²) in [5.74, 6) is -0.757. The van der Waals surface area contributed by atoms with Gasteiger partial charge in [0.2, 0.25) is 11.8 Å². The van der Waals surface area contributed by atoms with Crippen LogP contribution in [0.1, 0.15) is 86.3 Å². The number of piperidine rings is 1. The van der Waals surface area contributed by atoms with Gasteiger partial charge >= 0.3 is 0 Å². The predicted molar refractivity (Wildman–Crippen MR) is 210 cm³/mol. The van der Waals surface area contributed by atoms with Gasteiger partial charge in [0.25, 0.3) is 17.7 Å². The maximum absolute atomic E-state index is 13.7. The molecule has 0 aromatic heterocycles. The van der Waals surface area contributed by atoms with Crippen molar-refractivity contribution in [2.75, 3.05) is 50.7 Å². The van der Waals surface area contributed by atoms with Crippen LogP contribution in [-0.4, -0.2) is 113 Å². The number of nitrogens with one attached hydrogen (secondary N) is 1. The van der Waals surface area contributed by atoms with Gasteiger partial charge in [0.1, 0.15) is 17.9 Å². The van der Waals surface area contributed by atoms with Crippen molar-refractivity contribution in [1.82, 2.24) is 24.9 Å². The lowest BCUT2D eigenvalue weighted by molar-refractivity contribution is -0.136. The summed E-state index contributed by atoms with van der Waals surface area (Å²) in [6.07, 6.45) is 4.35. The Kier molecular flexibility index (Phi) is 9.96. The molecule has 1 unspecified atom stereocenters. The van der Waals surface area contributed by atoms with Gasteiger partial charge in [-0.1, -0.05) is 17.7 Å². The molecule has 57 heavy (non-hydrogen) atoms. The lowest BCUT2D eigenvalue weighted by Gasteiger charge is -2.45. The number of halogens is 1. The third-order valence-electron chi connectivity index (χ3n) is 12.6. The summed E-state index contributed by atoms with van der Waals surface area (Å²) in [5, 5.41) is 11.8. The van der Waals surface area contributed by atoms with Crippen LogP contribution in [0.4, 0.5) is 5.69 Å². The van der Waals surface area contributed by atoms with Crippen LogP contribution in [0.15, 0.2) is 54.6 Å². The first-order valence-corrected chi connectivity index (χ1v) is 20.3. The molecule has 0 radical (unpaired) electrons. The Morgan fingerprint density at radius 3 is 2.33 bits per heavy atom. The normalized spacial score (nSPS) is 24.2. The van der Waals surface area contributed by atoms with Crippen LogP contribution < -0.4 is 15.0 Å². The van der Waals surface area contributed by atoms with Crippen molar-refractivity contribution in [2.45, 2.75) is 69.8 Å². The highest BCUT2D eigenvalue weighted by Crippen LogP contribution is 2.35. The minimum atomic E-state index is -0.977. The number of piperazine rings is 1. The van der Waals surface area contributed by atoms with Crippen molar-refractivity contribution in [3.63, 3.8) is 0 Å². The molecule has 9 rings (SSSR count). The van der Waals surface area contributed by atoms with Crippen LogP contribution in [0.5, 0.6) is 5.75 Å². The smallest absolute Gasteiger partial charge is 0.262 e. The topological polar surface area (TPSA) is 147 Å². The molecular formula is C43H44ClN7O6. The molecule has 5 aliphatic heterocycles. The molecule has 1 atom stereocenters. The van der Waals surface area contributed by atoms with Crippen molar-refractivity contribution in [3.8, 4) is 11.8 Å². The molecule has 6 aliphatic rings. The summed E-state index contributed by atoms with van der Waals surface area (Å²) in [6, 6.07) is 18.3. The lowest BCUT2D eigenvalue weighted by atomic mass is 9.92. The number of fused-ring (bicyclic) bond motifs is 2. The van der Waals surface area contributed by atoms with Gasteiger partial charge in [-0.15, -0.1) is 0 Å². The van der Waals surface area contributed by atoms with Crippen LogP contribution in [0.2, 0.25) is 5.02 Å². The first kappa shape index (κ1) is 37.3. The third kappa shape index (κ3) is 7.26. The molecule has 1 aliphatic carbocycles. The molecule has 1 saturated carbocycles. The Balaban J connectivity index is 0.718. The number of rotatable bonds is 8. The van der Waals surface area contributed by atoms with Crippen molar-refractivity contribution in [3.05, 3.63) is 93.0 Å². The SMILES string of the molecule is N#Cc1ccc(OC2CCC(N3Cc4ccc(C(=O)N5CCN(CC6CN(c7ccc8c(c7)C(=O)N(C7CCC(=O)NC7=O)C8=O)C6)CC5)cc4C3)CC2)cc1Cl. The highest BCUT2D eigenvalue weighted by atomic mass is 35.5. The Morgan fingerprint density at radius 1 is 0.842 bits per heavy atom. The average Bonchev–Trinajstić information content (AvgIpc) is 3.74. The van der Waals surface area contributed by atoms with Gasteiger partial charge in [0.05, 0.1) is 27.8 Å². The highest BCUT2D eigenvalue weighted by molar-refractivity contribution is 6.31. The van der Waals surface area contributed by atoms with E-state index in [4.69, 9.17) is 21.6 Å². The third-order valence-corrected chi connectivity index (χ3v) is 13.0. The van der Waals surface area contributed by atoms with Gasteiger partial charge in [0, 0.05) is 94.6 Å². The first-order chi connectivity index (χ1) is 27.6.